The lowest BCUT2D eigenvalue weighted by Gasteiger charge is -2.09. The number of alkyl halides is 3. The third kappa shape index (κ3) is 2.85. The average Bonchev–Trinajstić information content (AvgIpc) is 2.16. The molecule has 0 spiro atoms. The molecule has 88 valence electrons. The quantitative estimate of drug-likeness (QED) is 0.826. The topological polar surface area (TPSA) is 34.1 Å². The van der Waals surface area contributed by atoms with Crippen LogP contribution in [0.15, 0.2) is 36.9 Å². The first-order valence-electron chi connectivity index (χ1n) is 4.26. The Kier molecular flexibility index (Phi) is 3.42. The van der Waals surface area contributed by atoms with Gasteiger partial charge in [-0.1, -0.05) is 36.9 Å². The molecule has 1 rings (SSSR count). The monoisotopic (exact) mass is 250 g/mol. The normalized spacial score (nSPS) is 12.4. The Balaban J connectivity index is 2.89. The molecule has 1 aromatic carbocycles. The summed E-state index contributed by atoms with van der Waals surface area (Å²) in [4.78, 5) is 0. The van der Waals surface area contributed by atoms with Crippen LogP contribution in [0, 0.1) is 0 Å². The van der Waals surface area contributed by atoms with E-state index in [0.29, 0.717) is 5.56 Å². The molecule has 0 saturated heterocycles. The first-order chi connectivity index (χ1) is 7.24. The average molecular weight is 250 g/mol. The minimum Gasteiger partial charge on any atom is -0.219 e. The number of hydrogen-bond acceptors (Lipinski definition) is 2. The number of halogens is 3. The van der Waals surface area contributed by atoms with Gasteiger partial charge in [0, 0.05) is 0 Å². The van der Waals surface area contributed by atoms with Crippen molar-refractivity contribution in [1.82, 2.24) is 0 Å². The van der Waals surface area contributed by atoms with Crippen LogP contribution in [0.4, 0.5) is 13.2 Å². The van der Waals surface area contributed by atoms with Crippen LogP contribution in [0.5, 0.6) is 0 Å². The molecule has 0 unspecified atom stereocenters. The zero-order chi connectivity index (χ0) is 12.4. The zero-order valence-corrected chi connectivity index (χ0v) is 8.98. The van der Waals surface area contributed by atoms with Gasteiger partial charge in [-0.3, -0.25) is 0 Å². The predicted octanol–water partition coefficient (Wildman–Crippen LogP) is 2.63. The van der Waals surface area contributed by atoms with Crippen molar-refractivity contribution in [2.45, 2.75) is 5.51 Å². The van der Waals surface area contributed by atoms with E-state index in [9.17, 15) is 21.6 Å². The molecular weight excluding hydrogens is 241 g/mol. The molecule has 0 radical (unpaired) electrons. The fraction of sp³-hybridized carbons (Fsp3) is 0.200. The van der Waals surface area contributed by atoms with E-state index < -0.39 is 21.1 Å². The Bertz CT molecular complexity index is 475. The summed E-state index contributed by atoms with van der Waals surface area (Å²) in [7, 11) is -5.14. The summed E-state index contributed by atoms with van der Waals surface area (Å²) < 4.78 is 57.9. The molecule has 16 heavy (non-hydrogen) atoms. The fourth-order valence-corrected chi connectivity index (χ4v) is 1.86. The smallest absolute Gasteiger partial charge is 0.219 e. The van der Waals surface area contributed by atoms with Crippen LogP contribution in [-0.2, 0) is 9.84 Å². The highest BCUT2D eigenvalue weighted by Crippen LogP contribution is 2.27. The van der Waals surface area contributed by atoms with E-state index in [2.05, 4.69) is 6.58 Å². The van der Waals surface area contributed by atoms with Crippen LogP contribution in [0.3, 0.4) is 0 Å². The van der Waals surface area contributed by atoms with Gasteiger partial charge in [0.1, 0.15) is 0 Å². The summed E-state index contributed by atoms with van der Waals surface area (Å²) >= 11 is 0. The van der Waals surface area contributed by atoms with Crippen molar-refractivity contribution >= 4 is 15.4 Å². The summed E-state index contributed by atoms with van der Waals surface area (Å²) in [5, 5.41) is 0. The SMILES string of the molecule is C=C(CS(=O)(=O)C(F)(F)F)c1ccccc1. The Morgan fingerprint density at radius 3 is 2.12 bits per heavy atom. The van der Waals surface area contributed by atoms with Gasteiger partial charge in [-0.25, -0.2) is 8.42 Å². The van der Waals surface area contributed by atoms with Crippen LogP contribution in [-0.4, -0.2) is 19.7 Å². The van der Waals surface area contributed by atoms with E-state index in [0.717, 1.165) is 0 Å². The fourth-order valence-electron chi connectivity index (χ4n) is 1.07. The van der Waals surface area contributed by atoms with Crippen LogP contribution in [0.2, 0.25) is 0 Å². The lowest BCUT2D eigenvalue weighted by molar-refractivity contribution is -0.0432. The van der Waals surface area contributed by atoms with E-state index in [1.807, 2.05) is 0 Å². The highest BCUT2D eigenvalue weighted by Gasteiger charge is 2.45. The third-order valence-corrected chi connectivity index (χ3v) is 3.33. The Labute approximate surface area is 91.3 Å². The molecule has 0 saturated carbocycles. The predicted molar refractivity (Wildman–Crippen MR) is 55.3 cm³/mol. The highest BCUT2D eigenvalue weighted by atomic mass is 32.2. The molecule has 0 atom stereocenters. The molecule has 0 aliphatic carbocycles. The molecule has 2 nitrogen and oxygen atoms in total. The lowest BCUT2D eigenvalue weighted by Crippen LogP contribution is -2.26. The number of rotatable bonds is 3. The van der Waals surface area contributed by atoms with Crippen molar-refractivity contribution in [1.29, 1.82) is 0 Å². The molecule has 0 aliphatic rings. The highest BCUT2D eigenvalue weighted by molar-refractivity contribution is 7.92. The Morgan fingerprint density at radius 1 is 1.19 bits per heavy atom. The van der Waals surface area contributed by atoms with Crippen molar-refractivity contribution in [3.05, 3.63) is 42.5 Å². The van der Waals surface area contributed by atoms with E-state index in [1.165, 1.54) is 12.1 Å². The van der Waals surface area contributed by atoms with Gasteiger partial charge in [0.15, 0.2) is 0 Å². The van der Waals surface area contributed by atoms with Crippen LogP contribution in [0.25, 0.3) is 5.57 Å². The standard InChI is InChI=1S/C10H9F3O2S/c1-8(9-5-3-2-4-6-9)7-16(14,15)10(11,12)13/h2-6H,1,7H2. The number of sulfone groups is 1. The molecule has 0 bridgehead atoms. The van der Waals surface area contributed by atoms with Gasteiger partial charge in [-0.05, 0) is 11.1 Å². The molecule has 0 N–H and O–H groups in total. The largest absolute Gasteiger partial charge is 0.497 e. The van der Waals surface area contributed by atoms with Gasteiger partial charge in [0.2, 0.25) is 0 Å². The van der Waals surface area contributed by atoms with Gasteiger partial charge in [-0.2, -0.15) is 13.2 Å². The summed E-state index contributed by atoms with van der Waals surface area (Å²) in [5.74, 6) is -1.11. The maximum atomic E-state index is 12.1. The van der Waals surface area contributed by atoms with E-state index in [-0.39, 0.29) is 5.57 Å². The molecule has 0 heterocycles. The Hall–Kier alpha value is -1.30. The van der Waals surface area contributed by atoms with Crippen molar-refractivity contribution in [3.63, 3.8) is 0 Å². The van der Waals surface area contributed by atoms with Crippen LogP contribution < -0.4 is 0 Å². The molecule has 0 aliphatic heterocycles. The van der Waals surface area contributed by atoms with Gasteiger partial charge >= 0.3 is 5.51 Å². The molecule has 0 amide bonds. The molecular formula is C10H9F3O2S. The summed E-state index contributed by atoms with van der Waals surface area (Å²) in [6.45, 7) is 3.34. The summed E-state index contributed by atoms with van der Waals surface area (Å²) in [6, 6.07) is 7.89. The van der Waals surface area contributed by atoms with E-state index >= 15 is 0 Å². The minimum absolute atomic E-state index is 0.0714. The molecule has 6 heteroatoms. The lowest BCUT2D eigenvalue weighted by atomic mass is 10.1. The maximum absolute atomic E-state index is 12.1. The number of benzene rings is 1. The second kappa shape index (κ2) is 4.29. The van der Waals surface area contributed by atoms with Crippen LogP contribution in [0.1, 0.15) is 5.56 Å². The minimum atomic E-state index is -5.23. The van der Waals surface area contributed by atoms with E-state index in [4.69, 9.17) is 0 Å². The van der Waals surface area contributed by atoms with Gasteiger partial charge < -0.3 is 0 Å². The first kappa shape index (κ1) is 12.8. The summed E-state index contributed by atoms with van der Waals surface area (Å²) in [6.07, 6.45) is 0. The summed E-state index contributed by atoms with van der Waals surface area (Å²) in [5.41, 5.74) is -4.92. The Morgan fingerprint density at radius 2 is 1.69 bits per heavy atom. The van der Waals surface area contributed by atoms with Gasteiger partial charge in [0.25, 0.3) is 9.84 Å². The van der Waals surface area contributed by atoms with Crippen molar-refractivity contribution in [2.24, 2.45) is 0 Å². The molecule has 1 aromatic rings. The first-order valence-corrected chi connectivity index (χ1v) is 5.91. The second-order valence-corrected chi connectivity index (χ2v) is 5.16. The van der Waals surface area contributed by atoms with Crippen LogP contribution >= 0.6 is 0 Å². The van der Waals surface area contributed by atoms with Crippen molar-refractivity contribution in [2.75, 3.05) is 5.75 Å². The second-order valence-electron chi connectivity index (χ2n) is 3.17. The molecule has 0 fully saturated rings. The van der Waals surface area contributed by atoms with Gasteiger partial charge in [0.05, 0.1) is 5.75 Å². The third-order valence-electron chi connectivity index (χ3n) is 1.90. The van der Waals surface area contributed by atoms with Gasteiger partial charge in [-0.15, -0.1) is 0 Å². The van der Waals surface area contributed by atoms with Crippen molar-refractivity contribution < 1.29 is 21.6 Å². The maximum Gasteiger partial charge on any atom is 0.497 e. The zero-order valence-electron chi connectivity index (χ0n) is 8.16. The number of hydrogen-bond donors (Lipinski definition) is 0. The molecule has 0 aromatic heterocycles. The van der Waals surface area contributed by atoms with Crippen molar-refractivity contribution in [3.8, 4) is 0 Å². The van der Waals surface area contributed by atoms with E-state index in [1.54, 1.807) is 18.2 Å².